The van der Waals surface area contributed by atoms with Crippen LogP contribution in [0.3, 0.4) is 0 Å². The minimum absolute atomic E-state index is 0.214. The zero-order valence-corrected chi connectivity index (χ0v) is 10.3. The smallest absolute Gasteiger partial charge is 0.306 e. The maximum Gasteiger partial charge on any atom is 0.306 e. The maximum atomic E-state index is 10.8. The highest BCUT2D eigenvalue weighted by atomic mass is 79.9. The van der Waals surface area contributed by atoms with Crippen LogP contribution in [0.5, 0.6) is 11.5 Å². The van der Waals surface area contributed by atoms with Crippen molar-refractivity contribution in [3.05, 3.63) is 22.2 Å². The summed E-state index contributed by atoms with van der Waals surface area (Å²) in [6, 6.07) is 3.66. The first-order valence-corrected chi connectivity index (χ1v) is 5.68. The van der Waals surface area contributed by atoms with Gasteiger partial charge in [-0.3, -0.25) is 4.79 Å². The van der Waals surface area contributed by atoms with Crippen molar-refractivity contribution in [1.82, 2.24) is 0 Å². The molecule has 0 saturated carbocycles. The van der Waals surface area contributed by atoms with Gasteiger partial charge in [0.1, 0.15) is 0 Å². The second kappa shape index (κ2) is 4.33. The fourth-order valence-corrected chi connectivity index (χ4v) is 2.16. The molecule has 1 aromatic rings. The molecular weight excluding hydrogens is 276 g/mol. The monoisotopic (exact) mass is 286 g/mol. The summed E-state index contributed by atoms with van der Waals surface area (Å²) in [7, 11) is 0. The van der Waals surface area contributed by atoms with Crippen LogP contribution in [0.4, 0.5) is 0 Å². The second-order valence-corrected chi connectivity index (χ2v) is 4.51. The molecule has 1 N–H and O–H groups in total. The molecular formula is C11H11BrO4. The molecule has 0 amide bonds. The summed E-state index contributed by atoms with van der Waals surface area (Å²) < 4.78 is 11.3. The molecule has 1 unspecified atom stereocenters. The first-order chi connectivity index (χ1) is 7.59. The Morgan fingerprint density at radius 3 is 3.00 bits per heavy atom. The molecule has 2 rings (SSSR count). The molecule has 0 bridgehead atoms. The van der Waals surface area contributed by atoms with E-state index in [2.05, 4.69) is 15.9 Å². The molecule has 1 aromatic carbocycles. The molecule has 4 nitrogen and oxygen atoms in total. The summed E-state index contributed by atoms with van der Waals surface area (Å²) in [5.41, 5.74) is 0.916. The molecule has 1 aliphatic rings. The molecule has 0 spiro atoms. The summed E-state index contributed by atoms with van der Waals surface area (Å²) in [6.07, 6.45) is 0.465. The van der Waals surface area contributed by atoms with Crippen LogP contribution in [0.2, 0.25) is 0 Å². The number of hydrogen-bond acceptors (Lipinski definition) is 3. The summed E-state index contributed by atoms with van der Waals surface area (Å²) in [4.78, 5) is 10.8. The molecule has 1 aliphatic heterocycles. The van der Waals surface area contributed by atoms with Crippen molar-refractivity contribution >= 4 is 21.9 Å². The van der Waals surface area contributed by atoms with Crippen LogP contribution in [0.25, 0.3) is 0 Å². The number of carbonyl (C=O) groups is 1. The molecule has 0 aromatic heterocycles. The van der Waals surface area contributed by atoms with Crippen molar-refractivity contribution in [1.29, 1.82) is 0 Å². The predicted molar refractivity (Wildman–Crippen MR) is 60.8 cm³/mol. The van der Waals surface area contributed by atoms with Gasteiger partial charge in [0.15, 0.2) is 11.5 Å². The number of aliphatic carboxylic acids is 1. The van der Waals surface area contributed by atoms with Gasteiger partial charge in [-0.05, 0) is 34.0 Å². The zero-order chi connectivity index (χ0) is 11.7. The first kappa shape index (κ1) is 11.3. The number of ether oxygens (including phenoxy) is 2. The van der Waals surface area contributed by atoms with Crippen molar-refractivity contribution in [3.63, 3.8) is 0 Å². The third-order valence-electron chi connectivity index (χ3n) is 2.51. The van der Waals surface area contributed by atoms with E-state index in [0.29, 0.717) is 17.9 Å². The van der Waals surface area contributed by atoms with Gasteiger partial charge < -0.3 is 14.6 Å². The lowest BCUT2D eigenvalue weighted by atomic mass is 10.0. The second-order valence-electron chi connectivity index (χ2n) is 3.72. The molecule has 0 fully saturated rings. The molecule has 5 heteroatoms. The van der Waals surface area contributed by atoms with Crippen molar-refractivity contribution < 1.29 is 19.4 Å². The fraction of sp³-hybridized carbons (Fsp3) is 0.364. The van der Waals surface area contributed by atoms with E-state index in [1.807, 2.05) is 6.07 Å². The van der Waals surface area contributed by atoms with Crippen LogP contribution in [0.15, 0.2) is 16.6 Å². The summed E-state index contributed by atoms with van der Waals surface area (Å²) >= 11 is 3.41. The van der Waals surface area contributed by atoms with Crippen molar-refractivity contribution in [2.45, 2.75) is 13.3 Å². The number of benzene rings is 1. The average Bonchev–Trinajstić information content (AvgIpc) is 2.70. The molecule has 16 heavy (non-hydrogen) atoms. The maximum absolute atomic E-state index is 10.8. The molecule has 0 saturated heterocycles. The Kier molecular flexibility index (Phi) is 3.05. The van der Waals surface area contributed by atoms with E-state index in [1.54, 1.807) is 13.0 Å². The Bertz CT molecular complexity index is 430. The average molecular weight is 287 g/mol. The highest BCUT2D eigenvalue weighted by Gasteiger charge is 2.21. The van der Waals surface area contributed by atoms with Crippen LogP contribution in [-0.4, -0.2) is 17.9 Å². The third kappa shape index (κ3) is 2.00. The van der Waals surface area contributed by atoms with E-state index in [9.17, 15) is 4.79 Å². The van der Waals surface area contributed by atoms with Gasteiger partial charge in [0, 0.05) is 0 Å². The molecule has 1 heterocycles. The summed E-state index contributed by atoms with van der Waals surface area (Å²) in [5.74, 6) is 0.134. The van der Waals surface area contributed by atoms with E-state index in [1.165, 1.54) is 0 Å². The van der Waals surface area contributed by atoms with Crippen LogP contribution in [-0.2, 0) is 11.2 Å². The lowest BCUT2D eigenvalue weighted by Crippen LogP contribution is -2.12. The Morgan fingerprint density at radius 1 is 1.56 bits per heavy atom. The first-order valence-electron chi connectivity index (χ1n) is 4.89. The Morgan fingerprint density at radius 2 is 2.31 bits per heavy atom. The SMILES string of the molecule is CC(Cc1ccc2c(c1Br)OCO2)C(=O)O. The Balaban J connectivity index is 2.26. The highest BCUT2D eigenvalue weighted by molar-refractivity contribution is 9.10. The quantitative estimate of drug-likeness (QED) is 0.927. The fourth-order valence-electron chi connectivity index (χ4n) is 1.55. The van der Waals surface area contributed by atoms with Crippen molar-refractivity contribution in [3.8, 4) is 11.5 Å². The van der Waals surface area contributed by atoms with E-state index in [0.717, 1.165) is 10.0 Å². The van der Waals surface area contributed by atoms with Gasteiger partial charge in [-0.15, -0.1) is 0 Å². The van der Waals surface area contributed by atoms with Gasteiger partial charge in [-0.25, -0.2) is 0 Å². The predicted octanol–water partition coefficient (Wildman–Crippen LogP) is 2.44. The number of carboxylic acids is 1. The minimum Gasteiger partial charge on any atom is -0.481 e. The van der Waals surface area contributed by atoms with Crippen LogP contribution < -0.4 is 9.47 Å². The van der Waals surface area contributed by atoms with Gasteiger partial charge in [0.2, 0.25) is 6.79 Å². The Labute approximate surface area is 101 Å². The number of fused-ring (bicyclic) bond motifs is 1. The number of hydrogen-bond donors (Lipinski definition) is 1. The van der Waals surface area contributed by atoms with E-state index in [-0.39, 0.29) is 6.79 Å². The van der Waals surface area contributed by atoms with Gasteiger partial charge in [0.05, 0.1) is 10.4 Å². The lowest BCUT2D eigenvalue weighted by Gasteiger charge is -2.09. The molecule has 1 atom stereocenters. The van der Waals surface area contributed by atoms with E-state index >= 15 is 0 Å². The van der Waals surface area contributed by atoms with Crippen molar-refractivity contribution in [2.24, 2.45) is 5.92 Å². The minimum atomic E-state index is -0.801. The number of halogens is 1. The zero-order valence-electron chi connectivity index (χ0n) is 8.70. The van der Waals surface area contributed by atoms with E-state index in [4.69, 9.17) is 14.6 Å². The third-order valence-corrected chi connectivity index (χ3v) is 3.38. The summed E-state index contributed by atoms with van der Waals surface area (Å²) in [5, 5.41) is 8.86. The van der Waals surface area contributed by atoms with Gasteiger partial charge in [-0.2, -0.15) is 0 Å². The standard InChI is InChI=1S/C11H11BrO4/c1-6(11(13)14)4-7-2-3-8-10(9(7)12)16-5-15-8/h2-3,6H,4-5H2,1H3,(H,13,14). The topological polar surface area (TPSA) is 55.8 Å². The largest absolute Gasteiger partial charge is 0.481 e. The van der Waals surface area contributed by atoms with Crippen LogP contribution in [0, 0.1) is 5.92 Å². The molecule has 0 radical (unpaired) electrons. The van der Waals surface area contributed by atoms with Gasteiger partial charge in [-0.1, -0.05) is 13.0 Å². The molecule has 86 valence electrons. The van der Waals surface area contributed by atoms with Gasteiger partial charge >= 0.3 is 5.97 Å². The number of rotatable bonds is 3. The highest BCUT2D eigenvalue weighted by Crippen LogP contribution is 2.41. The van der Waals surface area contributed by atoms with Gasteiger partial charge in [0.25, 0.3) is 0 Å². The van der Waals surface area contributed by atoms with Crippen LogP contribution in [0.1, 0.15) is 12.5 Å². The molecule has 0 aliphatic carbocycles. The Hall–Kier alpha value is -1.23. The van der Waals surface area contributed by atoms with Crippen molar-refractivity contribution in [2.75, 3.05) is 6.79 Å². The summed E-state index contributed by atoms with van der Waals surface area (Å²) in [6.45, 7) is 1.89. The number of carboxylic acid groups (broad SMARTS) is 1. The lowest BCUT2D eigenvalue weighted by molar-refractivity contribution is -0.141. The van der Waals surface area contributed by atoms with Crippen LogP contribution >= 0.6 is 15.9 Å². The van der Waals surface area contributed by atoms with E-state index < -0.39 is 11.9 Å². The normalized spacial score (nSPS) is 14.9.